The summed E-state index contributed by atoms with van der Waals surface area (Å²) in [7, 11) is -3.66. The third kappa shape index (κ3) is 6.59. The van der Waals surface area contributed by atoms with Crippen LogP contribution in [0.25, 0.3) is 0 Å². The fraction of sp³-hybridized carbons (Fsp3) is 0.318. The van der Waals surface area contributed by atoms with E-state index in [1.54, 1.807) is 0 Å². The normalized spacial score (nSPS) is 15.2. The number of amides is 2. The van der Waals surface area contributed by atoms with Crippen LogP contribution in [0.15, 0.2) is 53.4 Å². The van der Waals surface area contributed by atoms with Gasteiger partial charge in [-0.2, -0.15) is 4.31 Å². The van der Waals surface area contributed by atoms with Gasteiger partial charge in [0.15, 0.2) is 6.10 Å². The minimum atomic E-state index is -3.66. The average Bonchev–Trinajstić information content (AvgIpc) is 2.84. The first kappa shape index (κ1) is 25.3. The lowest BCUT2D eigenvalue weighted by Crippen LogP contribution is -2.40. The molecule has 0 aromatic heterocycles. The molecule has 0 saturated carbocycles. The molecule has 1 saturated heterocycles. The molecule has 2 aromatic carbocycles. The first-order valence-electron chi connectivity index (χ1n) is 10.4. The maximum Gasteiger partial charge on any atom is 0.326 e. The summed E-state index contributed by atoms with van der Waals surface area (Å²) in [5, 5.41) is 4.86. The zero-order valence-electron chi connectivity index (χ0n) is 18.3. The van der Waals surface area contributed by atoms with Crippen molar-refractivity contribution in [3.8, 4) is 0 Å². The van der Waals surface area contributed by atoms with Gasteiger partial charge < -0.3 is 20.1 Å². The molecule has 1 unspecified atom stereocenters. The highest BCUT2D eigenvalue weighted by Crippen LogP contribution is 2.19. The maximum absolute atomic E-state index is 12.9. The number of hydrogen-bond donors (Lipinski definition) is 2. The topological polar surface area (TPSA) is 131 Å². The van der Waals surface area contributed by atoms with Gasteiger partial charge in [-0.1, -0.05) is 0 Å². The third-order valence-electron chi connectivity index (χ3n) is 4.91. The molecular weight excluding hydrogens is 469 g/mol. The number of benzene rings is 2. The number of esters is 1. The molecule has 0 spiro atoms. The molecule has 12 heteroatoms. The van der Waals surface area contributed by atoms with Gasteiger partial charge in [0, 0.05) is 24.3 Å². The summed E-state index contributed by atoms with van der Waals surface area (Å²) < 4.78 is 49.7. The number of nitrogens with one attached hydrogen (secondary N) is 2. The first-order chi connectivity index (χ1) is 16.2. The Balaban J connectivity index is 1.48. The minimum absolute atomic E-state index is 0.0868. The Kier molecular flexibility index (Phi) is 8.31. The summed E-state index contributed by atoms with van der Waals surface area (Å²) in [4.78, 5) is 36.3. The van der Waals surface area contributed by atoms with Gasteiger partial charge in [0.1, 0.15) is 12.4 Å². The number of carbonyl (C=O) groups excluding carboxylic acids is 3. The van der Waals surface area contributed by atoms with Crippen LogP contribution in [0.5, 0.6) is 0 Å². The molecule has 1 aliphatic rings. The molecule has 1 heterocycles. The third-order valence-corrected chi connectivity index (χ3v) is 6.82. The predicted molar refractivity (Wildman–Crippen MR) is 119 cm³/mol. The van der Waals surface area contributed by atoms with Gasteiger partial charge in [0.2, 0.25) is 10.0 Å². The number of nitrogens with zero attached hydrogens (tertiary/aromatic N) is 1. The molecule has 0 bridgehead atoms. The predicted octanol–water partition coefficient (Wildman–Crippen LogP) is 1.15. The van der Waals surface area contributed by atoms with Crippen molar-refractivity contribution >= 4 is 33.5 Å². The van der Waals surface area contributed by atoms with Crippen LogP contribution in [0.1, 0.15) is 17.3 Å². The lowest BCUT2D eigenvalue weighted by atomic mass is 10.2. The number of carbonyl (C=O) groups is 3. The van der Waals surface area contributed by atoms with E-state index in [1.165, 1.54) is 47.6 Å². The van der Waals surface area contributed by atoms with Gasteiger partial charge in [-0.15, -0.1) is 0 Å². The number of hydrogen-bond acceptors (Lipinski definition) is 7. The van der Waals surface area contributed by atoms with E-state index < -0.39 is 46.3 Å². The Morgan fingerprint density at radius 2 is 1.68 bits per heavy atom. The van der Waals surface area contributed by atoms with Crippen LogP contribution in [0.3, 0.4) is 0 Å². The lowest BCUT2D eigenvalue weighted by Gasteiger charge is -2.26. The molecule has 2 aromatic rings. The van der Waals surface area contributed by atoms with E-state index in [0.29, 0.717) is 18.9 Å². The summed E-state index contributed by atoms with van der Waals surface area (Å²) in [6.45, 7) is 2.08. The van der Waals surface area contributed by atoms with E-state index in [9.17, 15) is 27.2 Å². The molecular formula is C22H24FN3O7S. The second-order valence-corrected chi connectivity index (χ2v) is 9.29. The summed E-state index contributed by atoms with van der Waals surface area (Å²) in [5.41, 5.74) is 0.484. The monoisotopic (exact) mass is 493 g/mol. The lowest BCUT2D eigenvalue weighted by molar-refractivity contribution is -0.152. The SMILES string of the molecule is CC(OC(=O)CNC(=O)c1ccc(F)cc1)C(=O)Nc1ccc(S(=O)(=O)N2CCOCC2)cc1. The molecule has 1 aliphatic heterocycles. The standard InChI is InChI=1S/C22H24FN3O7S/c1-15(33-20(27)14-24-22(29)16-2-4-17(23)5-3-16)21(28)25-18-6-8-19(9-7-18)34(30,31)26-10-12-32-13-11-26/h2-9,15H,10-14H2,1H3,(H,24,29)(H,25,28). The maximum atomic E-state index is 12.9. The fourth-order valence-corrected chi connectivity index (χ4v) is 4.45. The van der Waals surface area contributed by atoms with Gasteiger partial charge in [-0.05, 0) is 55.5 Å². The van der Waals surface area contributed by atoms with Gasteiger partial charge >= 0.3 is 5.97 Å². The molecule has 1 atom stereocenters. The Bertz CT molecular complexity index is 1130. The van der Waals surface area contributed by atoms with E-state index in [2.05, 4.69) is 10.6 Å². The van der Waals surface area contributed by atoms with E-state index in [4.69, 9.17) is 9.47 Å². The van der Waals surface area contributed by atoms with Crippen molar-refractivity contribution in [3.05, 3.63) is 59.9 Å². The number of anilines is 1. The second-order valence-electron chi connectivity index (χ2n) is 7.35. The van der Waals surface area contributed by atoms with Crippen molar-refractivity contribution in [2.75, 3.05) is 38.2 Å². The highest BCUT2D eigenvalue weighted by molar-refractivity contribution is 7.89. The van der Waals surface area contributed by atoms with Gasteiger partial charge in [0.25, 0.3) is 11.8 Å². The largest absolute Gasteiger partial charge is 0.451 e. The second kappa shape index (κ2) is 11.2. The van der Waals surface area contributed by atoms with E-state index in [0.717, 1.165) is 12.1 Å². The van der Waals surface area contributed by atoms with Crippen LogP contribution >= 0.6 is 0 Å². The van der Waals surface area contributed by atoms with Crippen LogP contribution < -0.4 is 10.6 Å². The number of halogens is 1. The first-order valence-corrected chi connectivity index (χ1v) is 11.8. The molecule has 0 aliphatic carbocycles. The van der Waals surface area contributed by atoms with Crippen LogP contribution in [-0.2, 0) is 29.1 Å². The Hall–Kier alpha value is -3.35. The quantitative estimate of drug-likeness (QED) is 0.528. The molecule has 2 N–H and O–H groups in total. The van der Waals surface area contributed by atoms with E-state index in [-0.39, 0.29) is 23.5 Å². The number of morpholine rings is 1. The average molecular weight is 494 g/mol. The zero-order chi connectivity index (χ0) is 24.7. The van der Waals surface area contributed by atoms with Crippen LogP contribution in [0.4, 0.5) is 10.1 Å². The van der Waals surface area contributed by atoms with E-state index in [1.807, 2.05) is 0 Å². The minimum Gasteiger partial charge on any atom is -0.451 e. The Morgan fingerprint density at radius 1 is 1.06 bits per heavy atom. The molecule has 3 rings (SSSR count). The van der Waals surface area contributed by atoms with E-state index >= 15 is 0 Å². The molecule has 1 fully saturated rings. The van der Waals surface area contributed by atoms with Crippen LogP contribution in [0.2, 0.25) is 0 Å². The van der Waals surface area contributed by atoms with Crippen LogP contribution in [0, 0.1) is 5.82 Å². The van der Waals surface area contributed by atoms with Gasteiger partial charge in [-0.25, -0.2) is 12.8 Å². The summed E-state index contributed by atoms with van der Waals surface area (Å²) in [6.07, 6.45) is -1.17. The van der Waals surface area contributed by atoms with Crippen molar-refractivity contribution in [2.24, 2.45) is 0 Å². The fourth-order valence-electron chi connectivity index (χ4n) is 3.04. The van der Waals surface area contributed by atoms with Crippen molar-refractivity contribution in [2.45, 2.75) is 17.9 Å². The highest BCUT2D eigenvalue weighted by atomic mass is 32.2. The zero-order valence-corrected chi connectivity index (χ0v) is 19.1. The Labute approximate surface area is 196 Å². The highest BCUT2D eigenvalue weighted by Gasteiger charge is 2.26. The number of sulfonamides is 1. The smallest absolute Gasteiger partial charge is 0.326 e. The number of ether oxygens (including phenoxy) is 2. The van der Waals surface area contributed by atoms with Crippen LogP contribution in [-0.4, -0.2) is 69.5 Å². The van der Waals surface area contributed by atoms with Crippen molar-refractivity contribution in [1.82, 2.24) is 9.62 Å². The number of rotatable bonds is 8. The van der Waals surface area contributed by atoms with Crippen molar-refractivity contribution < 1.29 is 36.7 Å². The molecule has 10 nitrogen and oxygen atoms in total. The van der Waals surface area contributed by atoms with Crippen molar-refractivity contribution in [1.29, 1.82) is 0 Å². The molecule has 0 radical (unpaired) electrons. The molecule has 182 valence electrons. The Morgan fingerprint density at radius 3 is 2.29 bits per heavy atom. The summed E-state index contributed by atoms with van der Waals surface area (Å²) >= 11 is 0. The molecule has 34 heavy (non-hydrogen) atoms. The van der Waals surface area contributed by atoms with Gasteiger partial charge in [0.05, 0.1) is 18.1 Å². The van der Waals surface area contributed by atoms with Gasteiger partial charge in [-0.3, -0.25) is 14.4 Å². The summed E-state index contributed by atoms with van der Waals surface area (Å²) in [6, 6.07) is 10.4. The summed E-state index contributed by atoms with van der Waals surface area (Å²) in [5.74, 6) is -2.57. The van der Waals surface area contributed by atoms with Crippen molar-refractivity contribution in [3.63, 3.8) is 0 Å². The molecule has 2 amide bonds.